The molecular formula is C48H32N4. The third-order valence-corrected chi connectivity index (χ3v) is 9.97. The van der Waals surface area contributed by atoms with Crippen LogP contribution in [0.15, 0.2) is 194 Å². The zero-order valence-electron chi connectivity index (χ0n) is 28.3. The van der Waals surface area contributed by atoms with Crippen molar-refractivity contribution in [3.8, 4) is 61.7 Å². The van der Waals surface area contributed by atoms with E-state index < -0.39 is 0 Å². The van der Waals surface area contributed by atoms with Gasteiger partial charge >= 0.3 is 0 Å². The SMILES string of the molecule is c1ccc(-c2cc(-c3ccccc3)n3nc(-c4ccc(-c5ccc6c(c5)c5ccccc5n6-c5ccccc5)cc4)c(-c4ccccc4)c3n2)cc1. The van der Waals surface area contributed by atoms with E-state index in [1.54, 1.807) is 0 Å². The van der Waals surface area contributed by atoms with Crippen LogP contribution in [0.3, 0.4) is 0 Å². The number of benzene rings is 7. The fraction of sp³-hybridized carbons (Fsp3) is 0. The van der Waals surface area contributed by atoms with Crippen LogP contribution < -0.4 is 0 Å². The molecule has 0 unspecified atom stereocenters. The maximum Gasteiger partial charge on any atom is 0.164 e. The molecule has 7 aromatic carbocycles. The van der Waals surface area contributed by atoms with Crippen molar-refractivity contribution >= 4 is 27.5 Å². The molecule has 3 aromatic heterocycles. The van der Waals surface area contributed by atoms with Gasteiger partial charge in [0.2, 0.25) is 0 Å². The molecule has 0 aliphatic heterocycles. The highest BCUT2D eigenvalue weighted by molar-refractivity contribution is 6.10. The fourth-order valence-electron chi connectivity index (χ4n) is 7.49. The maximum atomic E-state index is 5.33. The van der Waals surface area contributed by atoms with Crippen molar-refractivity contribution in [2.45, 2.75) is 0 Å². The molecule has 0 N–H and O–H groups in total. The molecule has 4 nitrogen and oxygen atoms in total. The first-order chi connectivity index (χ1) is 25.8. The molecule has 4 heteroatoms. The summed E-state index contributed by atoms with van der Waals surface area (Å²) in [4.78, 5) is 5.30. The Morgan fingerprint density at radius 1 is 0.385 bits per heavy atom. The van der Waals surface area contributed by atoms with Crippen LogP contribution in [0.5, 0.6) is 0 Å². The lowest BCUT2D eigenvalue weighted by Gasteiger charge is -2.10. The molecule has 0 aliphatic rings. The summed E-state index contributed by atoms with van der Waals surface area (Å²) in [5, 5.41) is 7.81. The summed E-state index contributed by atoms with van der Waals surface area (Å²) >= 11 is 0. The number of hydrogen-bond donors (Lipinski definition) is 0. The number of rotatable bonds is 6. The molecule has 3 heterocycles. The van der Waals surface area contributed by atoms with E-state index in [0.29, 0.717) is 0 Å². The van der Waals surface area contributed by atoms with Crippen molar-refractivity contribution in [3.05, 3.63) is 194 Å². The standard InChI is InChI=1S/C48H32N4/c1-5-15-34(16-6-1)42-32-45(35-17-7-2-8-18-35)52-48(49-42)46(36-19-9-3-10-20-36)47(50-52)37-27-25-33(26-28-37)38-29-30-44-41(31-38)40-23-13-14-24-43(40)51(44)39-21-11-4-12-22-39/h1-32H. The van der Waals surface area contributed by atoms with Crippen molar-refractivity contribution in [1.29, 1.82) is 0 Å². The van der Waals surface area contributed by atoms with Gasteiger partial charge in [0.15, 0.2) is 5.65 Å². The molecule has 0 radical (unpaired) electrons. The summed E-state index contributed by atoms with van der Waals surface area (Å²) in [6.07, 6.45) is 0. The number of para-hydroxylation sites is 2. The number of aromatic nitrogens is 4. The van der Waals surface area contributed by atoms with Gasteiger partial charge in [-0.15, -0.1) is 0 Å². The van der Waals surface area contributed by atoms with Gasteiger partial charge in [-0.25, -0.2) is 9.50 Å². The van der Waals surface area contributed by atoms with Gasteiger partial charge in [-0.05, 0) is 53.1 Å². The third kappa shape index (κ3) is 5.00. The molecule has 0 saturated heterocycles. The fourth-order valence-corrected chi connectivity index (χ4v) is 7.49. The lowest BCUT2D eigenvalue weighted by atomic mass is 9.97. The Morgan fingerprint density at radius 3 is 1.65 bits per heavy atom. The molecule has 0 aliphatic carbocycles. The molecule has 0 bridgehead atoms. The molecule has 244 valence electrons. The van der Waals surface area contributed by atoms with E-state index in [9.17, 15) is 0 Å². The zero-order valence-corrected chi connectivity index (χ0v) is 28.3. The van der Waals surface area contributed by atoms with Crippen molar-refractivity contribution in [1.82, 2.24) is 19.2 Å². The Morgan fingerprint density at radius 2 is 0.942 bits per heavy atom. The summed E-state index contributed by atoms with van der Waals surface area (Å²) in [6.45, 7) is 0. The van der Waals surface area contributed by atoms with Crippen molar-refractivity contribution < 1.29 is 0 Å². The molecule has 0 amide bonds. The first-order valence-electron chi connectivity index (χ1n) is 17.6. The summed E-state index contributed by atoms with van der Waals surface area (Å²) < 4.78 is 4.37. The molecule has 10 aromatic rings. The average molecular weight is 665 g/mol. The Labute approximate surface area is 301 Å². The third-order valence-electron chi connectivity index (χ3n) is 9.97. The van der Waals surface area contributed by atoms with E-state index in [4.69, 9.17) is 10.1 Å². The largest absolute Gasteiger partial charge is 0.309 e. The summed E-state index contributed by atoms with van der Waals surface area (Å²) in [6, 6.07) is 68.4. The molecule has 0 fully saturated rings. The molecule has 0 spiro atoms. The zero-order chi connectivity index (χ0) is 34.4. The normalized spacial score (nSPS) is 11.5. The van der Waals surface area contributed by atoms with Crippen LogP contribution >= 0.6 is 0 Å². The molecular weight excluding hydrogens is 633 g/mol. The van der Waals surface area contributed by atoms with Gasteiger partial charge in [-0.3, -0.25) is 0 Å². The molecule has 0 atom stereocenters. The average Bonchev–Trinajstić information content (AvgIpc) is 3.78. The van der Waals surface area contributed by atoms with Crippen LogP contribution in [0.4, 0.5) is 0 Å². The molecule has 10 rings (SSSR count). The van der Waals surface area contributed by atoms with Gasteiger partial charge in [0, 0.05) is 33.2 Å². The summed E-state index contributed by atoms with van der Waals surface area (Å²) in [7, 11) is 0. The van der Waals surface area contributed by atoms with Gasteiger partial charge in [0.05, 0.1) is 28.0 Å². The van der Waals surface area contributed by atoms with E-state index >= 15 is 0 Å². The lowest BCUT2D eigenvalue weighted by Crippen LogP contribution is -1.98. The minimum absolute atomic E-state index is 0.825. The summed E-state index contributed by atoms with van der Waals surface area (Å²) in [5.41, 5.74) is 14.8. The second kappa shape index (κ2) is 12.4. The highest BCUT2D eigenvalue weighted by Gasteiger charge is 2.22. The minimum atomic E-state index is 0.825. The van der Waals surface area contributed by atoms with Crippen LogP contribution in [-0.2, 0) is 0 Å². The van der Waals surface area contributed by atoms with E-state index in [1.165, 1.54) is 27.4 Å². The van der Waals surface area contributed by atoms with Crippen LogP contribution in [0.2, 0.25) is 0 Å². The van der Waals surface area contributed by atoms with Gasteiger partial charge in [0.25, 0.3) is 0 Å². The Balaban J connectivity index is 1.13. The molecule has 52 heavy (non-hydrogen) atoms. The maximum absolute atomic E-state index is 5.33. The Kier molecular flexibility index (Phi) is 7.10. The summed E-state index contributed by atoms with van der Waals surface area (Å²) in [5.74, 6) is 0. The smallest absolute Gasteiger partial charge is 0.164 e. The lowest BCUT2D eigenvalue weighted by molar-refractivity contribution is 0.953. The predicted octanol–water partition coefficient (Wildman–Crippen LogP) is 12.2. The van der Waals surface area contributed by atoms with Crippen LogP contribution in [-0.4, -0.2) is 19.2 Å². The van der Waals surface area contributed by atoms with Crippen LogP contribution in [0.25, 0.3) is 89.2 Å². The first-order valence-corrected chi connectivity index (χ1v) is 17.6. The van der Waals surface area contributed by atoms with Crippen molar-refractivity contribution in [2.75, 3.05) is 0 Å². The van der Waals surface area contributed by atoms with Gasteiger partial charge in [-0.1, -0.05) is 158 Å². The van der Waals surface area contributed by atoms with E-state index in [0.717, 1.165) is 61.8 Å². The second-order valence-corrected chi connectivity index (χ2v) is 13.1. The highest BCUT2D eigenvalue weighted by atomic mass is 15.3. The quantitative estimate of drug-likeness (QED) is 0.177. The number of fused-ring (bicyclic) bond motifs is 4. The number of hydrogen-bond acceptors (Lipinski definition) is 2. The van der Waals surface area contributed by atoms with Gasteiger partial charge in [0.1, 0.15) is 5.69 Å². The van der Waals surface area contributed by atoms with E-state index in [2.05, 4.69) is 187 Å². The topological polar surface area (TPSA) is 35.1 Å². The predicted molar refractivity (Wildman–Crippen MR) is 215 cm³/mol. The first kappa shape index (κ1) is 29.8. The second-order valence-electron chi connectivity index (χ2n) is 13.1. The minimum Gasteiger partial charge on any atom is -0.309 e. The Hall–Kier alpha value is -7.04. The van der Waals surface area contributed by atoms with E-state index in [-0.39, 0.29) is 0 Å². The van der Waals surface area contributed by atoms with Crippen LogP contribution in [0, 0.1) is 0 Å². The van der Waals surface area contributed by atoms with Crippen molar-refractivity contribution in [3.63, 3.8) is 0 Å². The monoisotopic (exact) mass is 664 g/mol. The highest BCUT2D eigenvalue weighted by Crippen LogP contribution is 2.39. The molecule has 0 saturated carbocycles. The van der Waals surface area contributed by atoms with Crippen molar-refractivity contribution in [2.24, 2.45) is 0 Å². The Bertz CT molecular complexity index is 2850. The number of nitrogens with zero attached hydrogens (tertiary/aromatic N) is 4. The van der Waals surface area contributed by atoms with Crippen LogP contribution in [0.1, 0.15) is 0 Å². The van der Waals surface area contributed by atoms with Gasteiger partial charge < -0.3 is 4.57 Å². The van der Waals surface area contributed by atoms with Gasteiger partial charge in [-0.2, -0.15) is 5.10 Å². The van der Waals surface area contributed by atoms with E-state index in [1.807, 2.05) is 16.6 Å².